The molecule has 0 spiro atoms. The van der Waals surface area contributed by atoms with Crippen LogP contribution in [-0.4, -0.2) is 4.57 Å². The third-order valence-corrected chi connectivity index (χ3v) is 9.64. The molecule has 1 nitrogen and oxygen atoms in total. The van der Waals surface area contributed by atoms with Crippen LogP contribution in [0.1, 0.15) is 66.1 Å². The lowest BCUT2D eigenvalue weighted by Crippen LogP contribution is -2.27. The molecule has 196 valence electrons. The van der Waals surface area contributed by atoms with Crippen molar-refractivity contribution in [3.8, 4) is 0 Å². The Kier molecular flexibility index (Phi) is 5.66. The predicted molar refractivity (Wildman–Crippen MR) is 168 cm³/mol. The summed E-state index contributed by atoms with van der Waals surface area (Å²) in [4.78, 5) is 0. The average Bonchev–Trinajstić information content (AvgIpc) is 3.35. The summed E-state index contributed by atoms with van der Waals surface area (Å²) in [6.07, 6.45) is 21.5. The van der Waals surface area contributed by atoms with Crippen molar-refractivity contribution in [2.75, 3.05) is 0 Å². The minimum atomic E-state index is 0.333. The minimum absolute atomic E-state index is 0.333. The fraction of sp³-hybridized carbons (Fsp3) is 0.231. The summed E-state index contributed by atoms with van der Waals surface area (Å²) in [5, 5.41) is 1.42. The third-order valence-electron chi connectivity index (χ3n) is 9.64. The molecule has 0 saturated carbocycles. The van der Waals surface area contributed by atoms with Gasteiger partial charge in [-0.15, -0.1) is 0 Å². The first-order valence-electron chi connectivity index (χ1n) is 15.0. The molecule has 0 fully saturated rings. The second-order valence-electron chi connectivity index (χ2n) is 12.0. The molecular weight excluding hydrogens is 482 g/mol. The van der Waals surface area contributed by atoms with Gasteiger partial charge in [0.1, 0.15) is 0 Å². The van der Waals surface area contributed by atoms with E-state index < -0.39 is 0 Å². The number of hydrogen-bond donors (Lipinski definition) is 0. The summed E-state index contributed by atoms with van der Waals surface area (Å²) < 4.78 is 2.59. The maximum atomic E-state index is 2.59. The minimum Gasteiger partial charge on any atom is -0.333 e. The van der Waals surface area contributed by atoms with Gasteiger partial charge in [0.25, 0.3) is 0 Å². The summed E-state index contributed by atoms with van der Waals surface area (Å²) >= 11 is 0. The zero-order chi connectivity index (χ0) is 26.6. The van der Waals surface area contributed by atoms with Crippen molar-refractivity contribution in [3.63, 3.8) is 0 Å². The van der Waals surface area contributed by atoms with E-state index in [9.17, 15) is 0 Å². The lowest BCUT2D eigenvalue weighted by atomic mass is 9.63. The van der Waals surface area contributed by atoms with Gasteiger partial charge < -0.3 is 4.57 Å². The summed E-state index contributed by atoms with van der Waals surface area (Å²) in [5.74, 6) is 1.48. The lowest BCUT2D eigenvalue weighted by Gasteiger charge is -2.40. The highest BCUT2D eigenvalue weighted by Crippen LogP contribution is 2.53. The Morgan fingerprint density at radius 3 is 2.50 bits per heavy atom. The zero-order valence-corrected chi connectivity index (χ0v) is 23.1. The van der Waals surface area contributed by atoms with Crippen LogP contribution in [0.25, 0.3) is 22.6 Å². The van der Waals surface area contributed by atoms with Crippen LogP contribution in [0.4, 0.5) is 0 Å². The molecule has 3 aromatic carbocycles. The molecule has 4 atom stereocenters. The topological polar surface area (TPSA) is 4.93 Å². The van der Waals surface area contributed by atoms with Gasteiger partial charge in [0.05, 0.1) is 6.04 Å². The van der Waals surface area contributed by atoms with Crippen LogP contribution in [-0.2, 0) is 6.42 Å². The lowest BCUT2D eigenvalue weighted by molar-refractivity contribution is 0.434. The molecule has 4 unspecified atom stereocenters. The van der Waals surface area contributed by atoms with E-state index in [1.54, 1.807) is 0 Å². The Labute approximate surface area is 237 Å². The van der Waals surface area contributed by atoms with E-state index in [-0.39, 0.29) is 0 Å². The maximum Gasteiger partial charge on any atom is 0.0560 e. The molecular formula is C39H35N. The van der Waals surface area contributed by atoms with Crippen LogP contribution >= 0.6 is 0 Å². The predicted octanol–water partition coefficient (Wildman–Crippen LogP) is 9.84. The number of hydrogen-bond acceptors (Lipinski definition) is 0. The van der Waals surface area contributed by atoms with Gasteiger partial charge in [-0.05, 0) is 88.6 Å². The molecule has 40 heavy (non-hydrogen) atoms. The van der Waals surface area contributed by atoms with Gasteiger partial charge in [-0.1, -0.05) is 116 Å². The van der Waals surface area contributed by atoms with Gasteiger partial charge in [0.2, 0.25) is 0 Å². The van der Waals surface area contributed by atoms with E-state index in [1.165, 1.54) is 62.0 Å². The van der Waals surface area contributed by atoms with Crippen molar-refractivity contribution in [3.05, 3.63) is 154 Å². The number of aromatic nitrogens is 1. The third kappa shape index (κ3) is 3.68. The highest BCUT2D eigenvalue weighted by atomic mass is 15.0. The molecule has 1 heterocycles. The molecule has 1 heteroatoms. The number of benzene rings is 3. The first-order chi connectivity index (χ1) is 19.8. The monoisotopic (exact) mass is 517 g/mol. The number of allylic oxidation sites excluding steroid dienone is 9. The average molecular weight is 518 g/mol. The van der Waals surface area contributed by atoms with Gasteiger partial charge in [-0.3, -0.25) is 0 Å². The number of para-hydroxylation sites is 1. The Balaban J connectivity index is 1.23. The smallest absolute Gasteiger partial charge is 0.0560 e. The first-order valence-corrected chi connectivity index (χ1v) is 15.0. The molecule has 0 saturated heterocycles. The van der Waals surface area contributed by atoms with Crippen molar-refractivity contribution < 1.29 is 0 Å². The maximum absolute atomic E-state index is 2.59. The van der Waals surface area contributed by atoms with Crippen LogP contribution in [0.3, 0.4) is 0 Å². The number of fused-ring (bicyclic) bond motifs is 5. The molecule has 4 aromatic rings. The van der Waals surface area contributed by atoms with Crippen LogP contribution < -0.4 is 0 Å². The van der Waals surface area contributed by atoms with E-state index in [1.807, 2.05) is 0 Å². The second kappa shape index (κ2) is 9.52. The van der Waals surface area contributed by atoms with Gasteiger partial charge in [0, 0.05) is 22.5 Å². The molecule has 0 radical (unpaired) electrons. The summed E-state index contributed by atoms with van der Waals surface area (Å²) in [5.41, 5.74) is 13.0. The van der Waals surface area contributed by atoms with E-state index >= 15 is 0 Å². The van der Waals surface area contributed by atoms with Crippen molar-refractivity contribution in [2.24, 2.45) is 11.8 Å². The molecule has 4 aliphatic carbocycles. The largest absolute Gasteiger partial charge is 0.333 e. The highest BCUT2D eigenvalue weighted by Gasteiger charge is 2.38. The Morgan fingerprint density at radius 2 is 1.62 bits per heavy atom. The fourth-order valence-electron chi connectivity index (χ4n) is 7.91. The van der Waals surface area contributed by atoms with E-state index in [2.05, 4.69) is 133 Å². The molecule has 0 N–H and O–H groups in total. The number of nitrogens with zero attached hydrogens (tertiary/aromatic N) is 1. The van der Waals surface area contributed by atoms with E-state index in [4.69, 9.17) is 0 Å². The van der Waals surface area contributed by atoms with Crippen LogP contribution in [0.15, 0.2) is 126 Å². The molecule has 8 rings (SSSR count). The molecule has 0 amide bonds. The normalized spacial score (nSPS) is 25.0. The molecule has 1 aromatic heterocycles. The molecule has 4 aliphatic rings. The van der Waals surface area contributed by atoms with Crippen LogP contribution in [0, 0.1) is 11.8 Å². The second-order valence-corrected chi connectivity index (χ2v) is 12.0. The van der Waals surface area contributed by atoms with Crippen molar-refractivity contribution in [1.29, 1.82) is 0 Å². The zero-order valence-electron chi connectivity index (χ0n) is 23.1. The fourth-order valence-corrected chi connectivity index (χ4v) is 7.91. The summed E-state index contributed by atoms with van der Waals surface area (Å²) in [6, 6.07) is 29.7. The highest BCUT2D eigenvalue weighted by molar-refractivity contribution is 5.91. The summed E-state index contributed by atoms with van der Waals surface area (Å²) in [6.45, 7) is 2.37. The SMILES string of the molecule is CC1C=CC2=C(C3=CCC(n4c5c(c6ccccc64)CCC=C5)C=C3)c3ccccc3C(c3ccccc3)C2C1. The van der Waals surface area contributed by atoms with Gasteiger partial charge in [-0.2, -0.15) is 0 Å². The van der Waals surface area contributed by atoms with Gasteiger partial charge >= 0.3 is 0 Å². The Morgan fingerprint density at radius 1 is 0.800 bits per heavy atom. The molecule has 0 aliphatic heterocycles. The number of rotatable bonds is 3. The number of aryl methyl sites for hydroxylation is 1. The van der Waals surface area contributed by atoms with Gasteiger partial charge in [-0.25, -0.2) is 0 Å². The van der Waals surface area contributed by atoms with Crippen LogP contribution in [0.2, 0.25) is 0 Å². The molecule has 0 bridgehead atoms. The van der Waals surface area contributed by atoms with Crippen molar-refractivity contribution >= 4 is 22.6 Å². The van der Waals surface area contributed by atoms with Gasteiger partial charge in [0.15, 0.2) is 0 Å². The van der Waals surface area contributed by atoms with E-state index in [0.717, 1.165) is 19.3 Å². The summed E-state index contributed by atoms with van der Waals surface area (Å²) in [7, 11) is 0. The van der Waals surface area contributed by atoms with Crippen molar-refractivity contribution in [1.82, 2.24) is 4.57 Å². The Bertz CT molecular complexity index is 1770. The van der Waals surface area contributed by atoms with Crippen LogP contribution in [0.5, 0.6) is 0 Å². The Hall–Kier alpha value is -4.10. The van der Waals surface area contributed by atoms with E-state index in [0.29, 0.717) is 23.8 Å². The standard InChI is InChI=1S/C39H35N/c1-26-19-24-34-35(25-26)39(27-11-3-2-4-12-27)33-16-6-5-15-32(33)38(34)28-20-22-29(23-21-28)40-36-17-9-7-13-30(36)31-14-8-10-18-37(31)40/h2-7,9-13,15-22,24,26,29,35,39H,8,14,23,25H2,1H3. The quantitative estimate of drug-likeness (QED) is 0.255. The first kappa shape index (κ1) is 23.8. The van der Waals surface area contributed by atoms with Crippen molar-refractivity contribution in [2.45, 2.75) is 44.6 Å².